The van der Waals surface area contributed by atoms with Gasteiger partial charge in [-0.25, -0.2) is 4.98 Å². The standard InChI is InChI=1S/C21H21N5O5/c27-21-19(26(28)29)20(22-18-3-1-2-6-25(18)21)24-9-7-23(8-10-24)14-15-4-5-16-17(13-15)31-12-11-30-16/h1-6,13H,7-12,14H2. The van der Waals surface area contributed by atoms with Gasteiger partial charge in [0.05, 0.1) is 4.92 Å². The first-order chi connectivity index (χ1) is 15.1. The first-order valence-corrected chi connectivity index (χ1v) is 10.1. The van der Waals surface area contributed by atoms with Crippen molar-refractivity contribution < 1.29 is 14.4 Å². The van der Waals surface area contributed by atoms with Crippen LogP contribution in [-0.2, 0) is 6.54 Å². The predicted molar refractivity (Wildman–Crippen MR) is 113 cm³/mol. The fraction of sp³-hybridized carbons (Fsp3) is 0.333. The van der Waals surface area contributed by atoms with Crippen LogP contribution in [0.15, 0.2) is 47.4 Å². The van der Waals surface area contributed by atoms with Crippen LogP contribution in [0.4, 0.5) is 11.5 Å². The van der Waals surface area contributed by atoms with Gasteiger partial charge in [0.15, 0.2) is 11.5 Å². The molecule has 10 heteroatoms. The number of nitrogens with zero attached hydrogens (tertiary/aromatic N) is 5. The Morgan fingerprint density at radius 3 is 2.58 bits per heavy atom. The van der Waals surface area contributed by atoms with E-state index in [4.69, 9.17) is 9.47 Å². The van der Waals surface area contributed by atoms with Gasteiger partial charge < -0.3 is 14.4 Å². The van der Waals surface area contributed by atoms with E-state index < -0.39 is 16.2 Å². The molecule has 31 heavy (non-hydrogen) atoms. The molecular weight excluding hydrogens is 402 g/mol. The summed E-state index contributed by atoms with van der Waals surface area (Å²) in [7, 11) is 0. The Balaban J connectivity index is 1.34. The Morgan fingerprint density at radius 1 is 1.03 bits per heavy atom. The Kier molecular flexibility index (Phi) is 4.91. The van der Waals surface area contributed by atoms with Crippen LogP contribution in [0.1, 0.15) is 5.56 Å². The molecule has 0 radical (unpaired) electrons. The molecule has 0 bridgehead atoms. The van der Waals surface area contributed by atoms with E-state index >= 15 is 0 Å². The molecule has 2 aliphatic rings. The van der Waals surface area contributed by atoms with Gasteiger partial charge in [0.1, 0.15) is 18.9 Å². The summed E-state index contributed by atoms with van der Waals surface area (Å²) in [5, 5.41) is 11.6. The van der Waals surface area contributed by atoms with E-state index in [-0.39, 0.29) is 5.82 Å². The molecule has 0 N–H and O–H groups in total. The van der Waals surface area contributed by atoms with Crippen LogP contribution in [0.5, 0.6) is 11.5 Å². The Morgan fingerprint density at radius 2 is 1.81 bits per heavy atom. The molecule has 1 aromatic carbocycles. The maximum absolute atomic E-state index is 12.7. The lowest BCUT2D eigenvalue weighted by Crippen LogP contribution is -2.47. The first-order valence-electron chi connectivity index (χ1n) is 10.1. The molecule has 0 atom stereocenters. The number of piperazine rings is 1. The molecule has 4 heterocycles. The van der Waals surface area contributed by atoms with Crippen molar-refractivity contribution in [1.29, 1.82) is 0 Å². The average molecular weight is 423 g/mol. The van der Waals surface area contributed by atoms with Gasteiger partial charge in [-0.15, -0.1) is 0 Å². The third-order valence-electron chi connectivity index (χ3n) is 5.56. The van der Waals surface area contributed by atoms with Crippen molar-refractivity contribution in [2.45, 2.75) is 6.54 Å². The molecule has 0 unspecified atom stereocenters. The number of benzene rings is 1. The van der Waals surface area contributed by atoms with E-state index in [1.807, 2.05) is 23.1 Å². The molecule has 1 saturated heterocycles. The Hall–Kier alpha value is -3.66. The predicted octanol–water partition coefficient (Wildman–Crippen LogP) is 1.70. The summed E-state index contributed by atoms with van der Waals surface area (Å²) in [4.78, 5) is 32.2. The number of hydrogen-bond acceptors (Lipinski definition) is 8. The van der Waals surface area contributed by atoms with Gasteiger partial charge in [-0.1, -0.05) is 12.1 Å². The lowest BCUT2D eigenvalue weighted by atomic mass is 10.1. The molecule has 0 spiro atoms. The summed E-state index contributed by atoms with van der Waals surface area (Å²) in [6.07, 6.45) is 1.49. The van der Waals surface area contributed by atoms with E-state index in [9.17, 15) is 14.9 Å². The van der Waals surface area contributed by atoms with Gasteiger partial charge in [-0.3, -0.25) is 24.2 Å². The first kappa shape index (κ1) is 19.3. The number of fused-ring (bicyclic) bond motifs is 2. The van der Waals surface area contributed by atoms with Gasteiger partial charge in [-0.05, 0) is 29.8 Å². The summed E-state index contributed by atoms with van der Waals surface area (Å²) >= 11 is 0. The quantitative estimate of drug-likeness (QED) is 0.462. The van der Waals surface area contributed by atoms with Gasteiger partial charge in [0.2, 0.25) is 5.82 Å². The third-order valence-corrected chi connectivity index (χ3v) is 5.56. The second-order valence-electron chi connectivity index (χ2n) is 7.52. The van der Waals surface area contributed by atoms with Crippen molar-refractivity contribution in [1.82, 2.24) is 14.3 Å². The Labute approximate surface area is 177 Å². The van der Waals surface area contributed by atoms with Crippen LogP contribution in [0, 0.1) is 10.1 Å². The van der Waals surface area contributed by atoms with Crippen molar-refractivity contribution in [3.8, 4) is 11.5 Å². The SMILES string of the molecule is O=c1c([N+](=O)[O-])c(N2CCN(Cc3ccc4c(c3)OCCO4)CC2)nc2ccccn12. The molecule has 10 nitrogen and oxygen atoms in total. The number of pyridine rings is 1. The number of anilines is 1. The molecule has 3 aromatic rings. The summed E-state index contributed by atoms with van der Waals surface area (Å²) in [5.41, 5.74) is 0.367. The average Bonchev–Trinajstić information content (AvgIpc) is 2.79. The van der Waals surface area contributed by atoms with Crippen molar-refractivity contribution in [2.75, 3.05) is 44.3 Å². The van der Waals surface area contributed by atoms with E-state index in [0.717, 1.165) is 23.6 Å². The third kappa shape index (κ3) is 3.66. The van der Waals surface area contributed by atoms with Crippen LogP contribution < -0.4 is 19.9 Å². The number of nitro groups is 1. The van der Waals surface area contributed by atoms with Gasteiger partial charge in [0, 0.05) is 38.9 Å². The molecule has 0 aliphatic carbocycles. The fourth-order valence-corrected chi connectivity index (χ4v) is 4.01. The minimum atomic E-state index is -0.663. The molecule has 2 aliphatic heterocycles. The van der Waals surface area contributed by atoms with Crippen LogP contribution in [-0.4, -0.2) is 58.6 Å². The summed E-state index contributed by atoms with van der Waals surface area (Å²) in [6, 6.07) is 11.0. The highest BCUT2D eigenvalue weighted by atomic mass is 16.6. The second kappa shape index (κ2) is 7.88. The molecule has 0 amide bonds. The van der Waals surface area contributed by atoms with Crippen LogP contribution in [0.25, 0.3) is 5.65 Å². The topological polar surface area (TPSA) is 102 Å². The molecular formula is C21H21N5O5. The summed E-state index contributed by atoms with van der Waals surface area (Å²) in [6.45, 7) is 4.32. The van der Waals surface area contributed by atoms with Gasteiger partial charge in [0.25, 0.3) is 0 Å². The Bertz CT molecular complexity index is 1200. The highest BCUT2D eigenvalue weighted by molar-refractivity contribution is 5.61. The zero-order valence-corrected chi connectivity index (χ0v) is 16.8. The normalized spacial score (nSPS) is 16.5. The van der Waals surface area contributed by atoms with Crippen molar-refractivity contribution in [3.63, 3.8) is 0 Å². The molecule has 0 saturated carbocycles. The molecule has 2 aromatic heterocycles. The molecule has 1 fully saturated rings. The van der Waals surface area contributed by atoms with Crippen molar-refractivity contribution in [2.24, 2.45) is 0 Å². The van der Waals surface area contributed by atoms with E-state index in [1.54, 1.807) is 18.2 Å². The number of aromatic nitrogens is 2. The monoisotopic (exact) mass is 423 g/mol. The van der Waals surface area contributed by atoms with E-state index in [0.29, 0.717) is 45.0 Å². The fourth-order valence-electron chi connectivity index (χ4n) is 4.01. The van der Waals surface area contributed by atoms with Crippen LogP contribution in [0.2, 0.25) is 0 Å². The highest BCUT2D eigenvalue weighted by Crippen LogP contribution is 2.31. The lowest BCUT2D eigenvalue weighted by molar-refractivity contribution is -0.385. The van der Waals surface area contributed by atoms with Gasteiger partial charge in [-0.2, -0.15) is 0 Å². The number of hydrogen-bond donors (Lipinski definition) is 0. The van der Waals surface area contributed by atoms with E-state index in [2.05, 4.69) is 9.88 Å². The smallest absolute Gasteiger partial charge is 0.376 e. The minimum absolute atomic E-state index is 0.139. The van der Waals surface area contributed by atoms with Crippen LogP contribution in [0.3, 0.4) is 0 Å². The maximum atomic E-state index is 12.7. The highest BCUT2D eigenvalue weighted by Gasteiger charge is 2.29. The second-order valence-corrected chi connectivity index (χ2v) is 7.52. The van der Waals surface area contributed by atoms with Crippen molar-refractivity contribution >= 4 is 17.2 Å². The zero-order chi connectivity index (χ0) is 21.4. The zero-order valence-electron chi connectivity index (χ0n) is 16.8. The van der Waals surface area contributed by atoms with Crippen molar-refractivity contribution in [3.05, 3.63) is 68.6 Å². The summed E-state index contributed by atoms with van der Waals surface area (Å²) in [5.74, 6) is 1.67. The molecule has 160 valence electrons. The van der Waals surface area contributed by atoms with Crippen LogP contribution >= 0.6 is 0 Å². The summed E-state index contributed by atoms with van der Waals surface area (Å²) < 4.78 is 12.4. The maximum Gasteiger partial charge on any atom is 0.376 e. The number of ether oxygens (including phenoxy) is 2. The number of rotatable bonds is 4. The van der Waals surface area contributed by atoms with Gasteiger partial charge >= 0.3 is 11.2 Å². The molecule has 5 rings (SSSR count). The lowest BCUT2D eigenvalue weighted by Gasteiger charge is -2.35. The van der Waals surface area contributed by atoms with E-state index in [1.165, 1.54) is 10.6 Å². The largest absolute Gasteiger partial charge is 0.486 e. The minimum Gasteiger partial charge on any atom is -0.486 e.